The van der Waals surface area contributed by atoms with Gasteiger partial charge in [0.25, 0.3) is 0 Å². The number of benzene rings is 2. The number of aromatic amines is 1. The molecule has 1 fully saturated rings. The summed E-state index contributed by atoms with van der Waals surface area (Å²) in [4.78, 5) is 15.4. The lowest BCUT2D eigenvalue weighted by molar-refractivity contribution is -0.00688. The fourth-order valence-corrected chi connectivity index (χ4v) is 4.53. The number of carbonyl (C=O) groups excluding carboxylic acids is 1. The smallest absolute Gasteiger partial charge is 0.184 e. The van der Waals surface area contributed by atoms with Gasteiger partial charge in [-0.1, -0.05) is 52.0 Å². The number of ketones is 1. The van der Waals surface area contributed by atoms with Crippen LogP contribution in [0.1, 0.15) is 80.1 Å². The molecule has 2 aromatic carbocycles. The summed E-state index contributed by atoms with van der Waals surface area (Å²) in [6.07, 6.45) is 9.18. The third-order valence-corrected chi connectivity index (χ3v) is 6.34. The molecule has 1 saturated carbocycles. The van der Waals surface area contributed by atoms with E-state index >= 15 is 0 Å². The first-order chi connectivity index (χ1) is 15.5. The van der Waals surface area contributed by atoms with E-state index in [2.05, 4.69) is 22.1 Å². The fraction of sp³-hybridized carbons (Fsp3) is 0.462. The van der Waals surface area contributed by atoms with Crippen LogP contribution in [0.5, 0.6) is 5.75 Å². The van der Waals surface area contributed by atoms with Gasteiger partial charge in [-0.05, 0) is 61.4 Å². The maximum absolute atomic E-state index is 12.7. The van der Waals surface area contributed by atoms with Crippen LogP contribution in [0.3, 0.4) is 0 Å². The van der Waals surface area contributed by atoms with Crippen LogP contribution >= 0.6 is 0 Å². The topological polar surface area (TPSA) is 55.0 Å². The molecule has 0 bridgehead atoms. The molecule has 1 N–H and O–H groups in total. The Hall–Kier alpha value is -2.76. The molecular formula is C26H32F2N2O2. The SMILES string of the molecule is CC(=O)c1cc2c(CC3CCCCC3)n[nH]c2cc1OF.CCc1ccc(F)cc1CC. The summed E-state index contributed by atoms with van der Waals surface area (Å²) in [6.45, 7) is 5.55. The first-order valence-corrected chi connectivity index (χ1v) is 11.5. The number of nitrogens with zero attached hydrogens (tertiary/aromatic N) is 1. The van der Waals surface area contributed by atoms with Crippen LogP contribution in [0, 0.1) is 11.7 Å². The van der Waals surface area contributed by atoms with E-state index in [1.165, 1.54) is 56.7 Å². The molecule has 1 aliphatic rings. The normalized spacial score (nSPS) is 14.2. The molecule has 1 heterocycles. The van der Waals surface area contributed by atoms with Gasteiger partial charge >= 0.3 is 0 Å². The number of H-pyrrole nitrogens is 1. The van der Waals surface area contributed by atoms with E-state index < -0.39 is 0 Å². The van der Waals surface area contributed by atoms with Gasteiger partial charge in [-0.2, -0.15) is 5.10 Å². The molecule has 32 heavy (non-hydrogen) atoms. The molecule has 0 saturated heterocycles. The lowest BCUT2D eigenvalue weighted by atomic mass is 9.85. The highest BCUT2D eigenvalue weighted by molar-refractivity contribution is 6.01. The number of nitrogens with one attached hydrogen (secondary N) is 1. The van der Waals surface area contributed by atoms with Gasteiger partial charge in [0.2, 0.25) is 0 Å². The van der Waals surface area contributed by atoms with Gasteiger partial charge < -0.3 is 0 Å². The quantitative estimate of drug-likeness (QED) is 0.414. The number of rotatable bonds is 6. The van der Waals surface area contributed by atoms with Crippen LogP contribution in [-0.2, 0) is 19.3 Å². The Morgan fingerprint density at radius 3 is 2.44 bits per heavy atom. The molecular weight excluding hydrogens is 410 g/mol. The Morgan fingerprint density at radius 2 is 1.81 bits per heavy atom. The van der Waals surface area contributed by atoms with Crippen molar-refractivity contribution in [2.75, 3.05) is 0 Å². The van der Waals surface area contributed by atoms with Crippen molar-refractivity contribution in [3.8, 4) is 5.75 Å². The summed E-state index contributed by atoms with van der Waals surface area (Å²) in [5.74, 6) is 0.263. The van der Waals surface area contributed by atoms with Gasteiger partial charge in [-0.25, -0.2) is 4.39 Å². The van der Waals surface area contributed by atoms with E-state index in [0.717, 1.165) is 35.9 Å². The number of Topliss-reactive ketones (excluding diaryl/α,β-unsaturated/α-hetero) is 1. The van der Waals surface area contributed by atoms with Crippen LogP contribution in [0.2, 0.25) is 0 Å². The van der Waals surface area contributed by atoms with Gasteiger partial charge in [-0.3, -0.25) is 14.8 Å². The van der Waals surface area contributed by atoms with Gasteiger partial charge in [-0.15, -0.1) is 0 Å². The minimum absolute atomic E-state index is 0.0529. The highest BCUT2D eigenvalue weighted by Gasteiger charge is 2.19. The first-order valence-electron chi connectivity index (χ1n) is 11.5. The fourth-order valence-electron chi connectivity index (χ4n) is 4.53. The van der Waals surface area contributed by atoms with Crippen LogP contribution in [-0.4, -0.2) is 16.0 Å². The maximum atomic E-state index is 12.7. The number of aromatic nitrogens is 2. The van der Waals surface area contributed by atoms with Crippen molar-refractivity contribution >= 4 is 16.7 Å². The van der Waals surface area contributed by atoms with Crippen molar-refractivity contribution in [1.82, 2.24) is 10.2 Å². The van der Waals surface area contributed by atoms with Crippen molar-refractivity contribution in [1.29, 1.82) is 0 Å². The summed E-state index contributed by atoms with van der Waals surface area (Å²) in [5.41, 5.74) is 4.32. The van der Waals surface area contributed by atoms with Gasteiger partial charge in [0.1, 0.15) is 5.82 Å². The third-order valence-electron chi connectivity index (χ3n) is 6.34. The zero-order valence-electron chi connectivity index (χ0n) is 19.1. The Bertz CT molecular complexity index is 1060. The lowest BCUT2D eigenvalue weighted by Crippen LogP contribution is -2.09. The van der Waals surface area contributed by atoms with Crippen LogP contribution in [0.15, 0.2) is 30.3 Å². The number of fused-ring (bicyclic) bond motifs is 1. The van der Waals surface area contributed by atoms with Crippen molar-refractivity contribution in [2.45, 2.75) is 72.1 Å². The average Bonchev–Trinajstić information content (AvgIpc) is 3.20. The largest absolute Gasteiger partial charge is 0.294 e. The van der Waals surface area contributed by atoms with E-state index in [9.17, 15) is 13.7 Å². The number of halogens is 2. The molecule has 0 atom stereocenters. The molecule has 6 heteroatoms. The number of aryl methyl sites for hydroxylation is 2. The van der Waals surface area contributed by atoms with Crippen molar-refractivity contribution in [2.24, 2.45) is 5.92 Å². The second kappa shape index (κ2) is 11.2. The molecule has 4 nitrogen and oxygen atoms in total. The molecule has 3 aromatic rings. The molecule has 0 unspecified atom stereocenters. The predicted octanol–water partition coefficient (Wildman–Crippen LogP) is 7.10. The minimum Gasteiger partial charge on any atom is -0.294 e. The second-order valence-corrected chi connectivity index (χ2v) is 8.53. The molecule has 0 amide bonds. The van der Waals surface area contributed by atoms with E-state index in [1.807, 2.05) is 13.0 Å². The highest BCUT2D eigenvalue weighted by atomic mass is 19.3. The monoisotopic (exact) mass is 442 g/mol. The molecule has 4 rings (SSSR count). The number of hydrogen-bond donors (Lipinski definition) is 1. The summed E-state index contributed by atoms with van der Waals surface area (Å²) in [6, 6.07) is 8.21. The summed E-state index contributed by atoms with van der Waals surface area (Å²) < 4.78 is 25.2. The maximum Gasteiger partial charge on any atom is 0.184 e. The minimum atomic E-state index is -0.214. The summed E-state index contributed by atoms with van der Waals surface area (Å²) in [7, 11) is 0. The number of hydrogen-bond acceptors (Lipinski definition) is 3. The van der Waals surface area contributed by atoms with Crippen LogP contribution < -0.4 is 4.94 Å². The lowest BCUT2D eigenvalue weighted by Gasteiger charge is -2.20. The van der Waals surface area contributed by atoms with Crippen molar-refractivity contribution < 1.29 is 18.7 Å². The van der Waals surface area contributed by atoms with Crippen LogP contribution in [0.25, 0.3) is 10.9 Å². The summed E-state index contributed by atoms with van der Waals surface area (Å²) >= 11 is 0. The third kappa shape index (κ3) is 5.72. The van der Waals surface area contributed by atoms with Crippen molar-refractivity contribution in [3.63, 3.8) is 0 Å². The second-order valence-electron chi connectivity index (χ2n) is 8.53. The molecule has 0 radical (unpaired) electrons. The first kappa shape index (κ1) is 23.9. The molecule has 0 aliphatic heterocycles. The Morgan fingerprint density at radius 1 is 1.09 bits per heavy atom. The van der Waals surface area contributed by atoms with E-state index in [-0.39, 0.29) is 22.9 Å². The van der Waals surface area contributed by atoms with Gasteiger partial charge in [0, 0.05) is 16.0 Å². The van der Waals surface area contributed by atoms with Gasteiger partial charge in [0.05, 0.1) is 16.8 Å². The predicted molar refractivity (Wildman–Crippen MR) is 123 cm³/mol. The molecule has 0 spiro atoms. The number of carbonyl (C=O) groups is 1. The van der Waals surface area contributed by atoms with E-state index in [1.54, 1.807) is 12.1 Å². The average molecular weight is 443 g/mol. The zero-order valence-corrected chi connectivity index (χ0v) is 19.1. The molecule has 1 aromatic heterocycles. The zero-order chi connectivity index (χ0) is 23.1. The van der Waals surface area contributed by atoms with Crippen molar-refractivity contribution in [3.05, 3.63) is 58.5 Å². The highest BCUT2D eigenvalue weighted by Crippen LogP contribution is 2.31. The molecule has 1 aliphatic carbocycles. The summed E-state index contributed by atoms with van der Waals surface area (Å²) in [5, 5.41) is 8.16. The van der Waals surface area contributed by atoms with Crippen LogP contribution in [0.4, 0.5) is 8.92 Å². The standard InChI is InChI=1S/C16H19FN2O2.C10H13F/c1-10(20)12-8-13-14(7-11-5-3-2-4-6-11)18-19-15(13)9-16(12)21-17;1-3-8-5-6-10(11)7-9(8)4-2/h8-9,11H,2-7H2,1H3,(H,18,19);5-7H,3-4H2,1-2H3. The Balaban J connectivity index is 0.000000222. The molecule has 172 valence electrons. The Labute approximate surface area is 188 Å². The van der Waals surface area contributed by atoms with Gasteiger partial charge in [0.15, 0.2) is 11.5 Å². The van der Waals surface area contributed by atoms with E-state index in [0.29, 0.717) is 11.4 Å². The Kier molecular flexibility index (Phi) is 8.37. The van der Waals surface area contributed by atoms with E-state index in [4.69, 9.17) is 0 Å².